The number of hydrogen-bond acceptors (Lipinski definition) is 2. The molecular weight excluding hydrogens is 290 g/mol. The van der Waals surface area contributed by atoms with Gasteiger partial charge in [0.05, 0.1) is 22.4 Å². The normalized spacial score (nSPS) is 10.7. The van der Waals surface area contributed by atoms with Crippen molar-refractivity contribution in [1.29, 1.82) is 0 Å². The minimum absolute atomic E-state index is 0.767. The Morgan fingerprint density at radius 3 is 2.33 bits per heavy atom. The van der Waals surface area contributed by atoms with E-state index >= 15 is 0 Å². The van der Waals surface area contributed by atoms with E-state index in [1.165, 1.54) is 16.8 Å². The van der Waals surface area contributed by atoms with Crippen molar-refractivity contribution in [3.63, 3.8) is 0 Å². The zero-order valence-electron chi connectivity index (χ0n) is 11.2. The highest BCUT2D eigenvalue weighted by molar-refractivity contribution is 9.10. The minimum Gasteiger partial charge on any atom is -0.379 e. The number of para-hydroxylation sites is 1. The average Bonchev–Trinajstić information content (AvgIpc) is 2.54. The molecule has 0 radical (unpaired) electrons. The van der Waals surface area contributed by atoms with Crippen LogP contribution in [0.25, 0.3) is 0 Å². The van der Waals surface area contributed by atoms with Crippen molar-refractivity contribution in [2.24, 2.45) is 7.05 Å². The van der Waals surface area contributed by atoms with E-state index in [4.69, 9.17) is 0 Å². The fourth-order valence-corrected chi connectivity index (χ4v) is 2.61. The molecule has 96 valence electrons. The standard InChI is InChI=1S/C14H18BrN3/c1-9-6-5-7-10(2)14(9)16-8-12-13(15)11(3)17-18(12)4/h5-7,16H,8H2,1-4H3. The maximum Gasteiger partial charge on any atom is 0.0739 e. The minimum atomic E-state index is 0.767. The van der Waals surface area contributed by atoms with Gasteiger partial charge in [-0.1, -0.05) is 18.2 Å². The Labute approximate surface area is 116 Å². The maximum absolute atomic E-state index is 4.40. The number of aryl methyl sites for hydroxylation is 4. The van der Waals surface area contributed by atoms with E-state index in [0.717, 1.165) is 22.4 Å². The molecule has 2 aromatic rings. The molecule has 2 rings (SSSR count). The predicted octanol–water partition coefficient (Wildman–Crippen LogP) is 3.72. The van der Waals surface area contributed by atoms with Gasteiger partial charge in [0.2, 0.25) is 0 Å². The molecule has 0 aliphatic rings. The molecule has 0 atom stereocenters. The summed E-state index contributed by atoms with van der Waals surface area (Å²) in [5.41, 5.74) is 5.93. The predicted molar refractivity (Wildman–Crippen MR) is 78.9 cm³/mol. The van der Waals surface area contributed by atoms with E-state index in [2.05, 4.69) is 58.4 Å². The van der Waals surface area contributed by atoms with Gasteiger partial charge < -0.3 is 5.32 Å². The molecule has 1 aromatic heterocycles. The zero-order valence-corrected chi connectivity index (χ0v) is 12.8. The quantitative estimate of drug-likeness (QED) is 0.936. The van der Waals surface area contributed by atoms with Crippen LogP contribution in [0.5, 0.6) is 0 Å². The van der Waals surface area contributed by atoms with E-state index in [9.17, 15) is 0 Å². The van der Waals surface area contributed by atoms with Gasteiger partial charge in [0, 0.05) is 12.7 Å². The highest BCUT2D eigenvalue weighted by atomic mass is 79.9. The number of nitrogens with zero attached hydrogens (tertiary/aromatic N) is 2. The average molecular weight is 308 g/mol. The van der Waals surface area contributed by atoms with Crippen LogP contribution in [0.15, 0.2) is 22.7 Å². The SMILES string of the molecule is Cc1cccc(C)c1NCc1c(Br)c(C)nn1C. The molecule has 18 heavy (non-hydrogen) atoms. The van der Waals surface area contributed by atoms with E-state index < -0.39 is 0 Å². The molecule has 0 fully saturated rings. The Bertz CT molecular complexity index is 552. The van der Waals surface area contributed by atoms with Crippen LogP contribution in [-0.4, -0.2) is 9.78 Å². The van der Waals surface area contributed by atoms with Crippen LogP contribution in [0.1, 0.15) is 22.5 Å². The van der Waals surface area contributed by atoms with Crippen molar-refractivity contribution >= 4 is 21.6 Å². The summed E-state index contributed by atoms with van der Waals surface area (Å²) >= 11 is 3.59. The van der Waals surface area contributed by atoms with Crippen LogP contribution >= 0.6 is 15.9 Å². The van der Waals surface area contributed by atoms with Crippen LogP contribution in [-0.2, 0) is 13.6 Å². The highest BCUT2D eigenvalue weighted by Crippen LogP contribution is 2.24. The molecule has 0 aliphatic heterocycles. The summed E-state index contributed by atoms with van der Waals surface area (Å²) < 4.78 is 3.00. The first-order valence-electron chi connectivity index (χ1n) is 5.98. The lowest BCUT2D eigenvalue weighted by Gasteiger charge is -2.13. The summed E-state index contributed by atoms with van der Waals surface area (Å²) in [6.07, 6.45) is 0. The second-order valence-electron chi connectivity index (χ2n) is 4.59. The summed E-state index contributed by atoms with van der Waals surface area (Å²) in [5.74, 6) is 0. The summed E-state index contributed by atoms with van der Waals surface area (Å²) in [7, 11) is 1.97. The number of hydrogen-bond donors (Lipinski definition) is 1. The summed E-state index contributed by atoms with van der Waals surface area (Å²) in [6, 6.07) is 6.33. The second-order valence-corrected chi connectivity index (χ2v) is 5.38. The van der Waals surface area contributed by atoms with E-state index in [1.807, 2.05) is 18.7 Å². The van der Waals surface area contributed by atoms with E-state index in [1.54, 1.807) is 0 Å². The lowest BCUT2D eigenvalue weighted by atomic mass is 10.1. The first-order chi connectivity index (χ1) is 8.50. The number of nitrogens with one attached hydrogen (secondary N) is 1. The number of aromatic nitrogens is 2. The zero-order chi connectivity index (χ0) is 13.3. The molecule has 1 aromatic carbocycles. The molecule has 0 amide bonds. The molecule has 0 saturated heterocycles. The summed E-state index contributed by atoms with van der Waals surface area (Å²) in [4.78, 5) is 0. The largest absolute Gasteiger partial charge is 0.379 e. The molecule has 4 heteroatoms. The Hall–Kier alpha value is -1.29. The highest BCUT2D eigenvalue weighted by Gasteiger charge is 2.11. The second kappa shape index (κ2) is 5.14. The Balaban J connectivity index is 2.22. The fourth-order valence-electron chi connectivity index (χ4n) is 2.14. The maximum atomic E-state index is 4.40. The monoisotopic (exact) mass is 307 g/mol. The van der Waals surface area contributed by atoms with Gasteiger partial charge in [-0.15, -0.1) is 0 Å². The molecule has 0 bridgehead atoms. The molecule has 1 N–H and O–H groups in total. The summed E-state index contributed by atoms with van der Waals surface area (Å²) in [5, 5.41) is 7.90. The Kier molecular flexibility index (Phi) is 3.76. The van der Waals surface area contributed by atoms with E-state index in [0.29, 0.717) is 0 Å². The molecule has 3 nitrogen and oxygen atoms in total. The van der Waals surface area contributed by atoms with Crippen molar-refractivity contribution in [2.45, 2.75) is 27.3 Å². The van der Waals surface area contributed by atoms with Crippen LogP contribution in [0.4, 0.5) is 5.69 Å². The van der Waals surface area contributed by atoms with Crippen LogP contribution in [0.3, 0.4) is 0 Å². The van der Waals surface area contributed by atoms with Gasteiger partial charge in [-0.3, -0.25) is 4.68 Å². The Morgan fingerprint density at radius 2 is 1.83 bits per heavy atom. The van der Waals surface area contributed by atoms with Gasteiger partial charge in [0.15, 0.2) is 0 Å². The van der Waals surface area contributed by atoms with Crippen molar-refractivity contribution in [2.75, 3.05) is 5.32 Å². The third-order valence-corrected chi connectivity index (χ3v) is 4.21. The van der Waals surface area contributed by atoms with Crippen LogP contribution in [0.2, 0.25) is 0 Å². The number of anilines is 1. The fraction of sp³-hybridized carbons (Fsp3) is 0.357. The van der Waals surface area contributed by atoms with Gasteiger partial charge in [-0.05, 0) is 47.8 Å². The molecule has 1 heterocycles. The number of rotatable bonds is 3. The topological polar surface area (TPSA) is 29.9 Å². The molecular formula is C14H18BrN3. The van der Waals surface area contributed by atoms with Crippen LogP contribution in [0, 0.1) is 20.8 Å². The Morgan fingerprint density at radius 1 is 1.22 bits per heavy atom. The van der Waals surface area contributed by atoms with Gasteiger partial charge in [-0.25, -0.2) is 0 Å². The third-order valence-electron chi connectivity index (χ3n) is 3.18. The lowest BCUT2D eigenvalue weighted by molar-refractivity contribution is 0.712. The first kappa shape index (κ1) is 13.1. The number of halogens is 1. The third kappa shape index (κ3) is 2.43. The van der Waals surface area contributed by atoms with Crippen molar-refractivity contribution in [3.8, 4) is 0 Å². The van der Waals surface area contributed by atoms with Crippen molar-refractivity contribution in [3.05, 3.63) is 45.2 Å². The van der Waals surface area contributed by atoms with Crippen molar-refractivity contribution in [1.82, 2.24) is 9.78 Å². The van der Waals surface area contributed by atoms with Gasteiger partial charge >= 0.3 is 0 Å². The molecule has 0 saturated carbocycles. The summed E-state index contributed by atoms with van der Waals surface area (Å²) in [6.45, 7) is 7.02. The first-order valence-corrected chi connectivity index (χ1v) is 6.78. The van der Waals surface area contributed by atoms with Crippen LogP contribution < -0.4 is 5.32 Å². The molecule has 0 aliphatic carbocycles. The number of benzene rings is 1. The van der Waals surface area contributed by atoms with Crippen molar-refractivity contribution < 1.29 is 0 Å². The lowest BCUT2D eigenvalue weighted by Crippen LogP contribution is -2.07. The molecule has 0 unspecified atom stereocenters. The van der Waals surface area contributed by atoms with Gasteiger partial charge in [0.25, 0.3) is 0 Å². The van der Waals surface area contributed by atoms with Gasteiger partial charge in [0.1, 0.15) is 0 Å². The van der Waals surface area contributed by atoms with E-state index in [-0.39, 0.29) is 0 Å². The van der Waals surface area contributed by atoms with Gasteiger partial charge in [-0.2, -0.15) is 5.10 Å². The smallest absolute Gasteiger partial charge is 0.0739 e. The molecule has 0 spiro atoms.